The first kappa shape index (κ1) is 15.0. The molecule has 24 heavy (non-hydrogen) atoms. The third-order valence-corrected chi connectivity index (χ3v) is 4.71. The molecule has 1 aromatic carbocycles. The maximum Gasteiger partial charge on any atom is 0.270 e. The Labute approximate surface area is 139 Å². The topological polar surface area (TPSA) is 49.2 Å². The molecule has 3 aromatic rings. The predicted octanol–water partition coefficient (Wildman–Crippen LogP) is 4.30. The van der Waals surface area contributed by atoms with Crippen molar-refractivity contribution in [2.45, 2.75) is 25.8 Å². The fourth-order valence-corrected chi connectivity index (χ4v) is 3.13. The monoisotopic (exact) mass is 326 g/mol. The molecular weight excluding hydrogens is 307 g/mol. The Kier molecular flexibility index (Phi) is 3.44. The largest absolute Gasteiger partial charge is 0.464 e. The number of nitrogens with one attached hydrogen (secondary N) is 1. The Morgan fingerprint density at radius 3 is 2.88 bits per heavy atom. The number of hydrogen-bond donors (Lipinski definition) is 1. The van der Waals surface area contributed by atoms with Crippen molar-refractivity contribution in [1.82, 2.24) is 9.88 Å². The number of amides is 1. The number of fused-ring (bicyclic) bond motifs is 1. The molecule has 0 radical (unpaired) electrons. The number of carbonyl (C=O) groups excluding carboxylic acids is 1. The van der Waals surface area contributed by atoms with E-state index < -0.39 is 0 Å². The fraction of sp³-hybridized carbons (Fsp3) is 0.316. The van der Waals surface area contributed by atoms with Crippen LogP contribution in [0.2, 0.25) is 0 Å². The molecule has 0 bridgehead atoms. The van der Waals surface area contributed by atoms with E-state index in [0.717, 1.165) is 17.0 Å². The Hall–Kier alpha value is -2.56. The number of aromatic nitrogens is 1. The van der Waals surface area contributed by atoms with Crippen LogP contribution in [0, 0.1) is 11.7 Å². The van der Waals surface area contributed by atoms with E-state index in [1.54, 1.807) is 24.1 Å². The van der Waals surface area contributed by atoms with Gasteiger partial charge in [-0.15, -0.1) is 0 Å². The maximum atomic E-state index is 13.3. The average Bonchev–Trinajstić information content (AvgIpc) is 2.97. The molecule has 124 valence electrons. The number of rotatable bonds is 4. The van der Waals surface area contributed by atoms with Crippen LogP contribution in [0.5, 0.6) is 0 Å². The normalized spacial score (nSPS) is 19.6. The maximum absolute atomic E-state index is 13.3. The zero-order valence-corrected chi connectivity index (χ0v) is 13.7. The standard InChI is InChI=1S/C19H19FN2O2/c1-11-7-15(11)18-6-4-14(24-18)10-22(2)19(23)17-9-12-8-13(20)3-5-16(12)21-17/h3-6,8-9,11,15,21H,7,10H2,1-2H3/t11-,15+/m1/s1. The van der Waals surface area contributed by atoms with Crippen molar-refractivity contribution in [2.24, 2.45) is 5.92 Å². The molecule has 0 aliphatic heterocycles. The van der Waals surface area contributed by atoms with Crippen LogP contribution in [0.3, 0.4) is 0 Å². The van der Waals surface area contributed by atoms with E-state index in [1.165, 1.54) is 18.6 Å². The van der Waals surface area contributed by atoms with Crippen molar-refractivity contribution in [3.05, 3.63) is 59.4 Å². The summed E-state index contributed by atoms with van der Waals surface area (Å²) >= 11 is 0. The van der Waals surface area contributed by atoms with Crippen molar-refractivity contribution < 1.29 is 13.6 Å². The molecule has 1 saturated carbocycles. The van der Waals surface area contributed by atoms with E-state index in [-0.39, 0.29) is 11.7 Å². The third-order valence-electron chi connectivity index (χ3n) is 4.71. The smallest absolute Gasteiger partial charge is 0.270 e. The molecule has 1 fully saturated rings. The highest BCUT2D eigenvalue weighted by atomic mass is 19.1. The van der Waals surface area contributed by atoms with Gasteiger partial charge in [0.1, 0.15) is 23.0 Å². The van der Waals surface area contributed by atoms with Crippen molar-refractivity contribution in [1.29, 1.82) is 0 Å². The van der Waals surface area contributed by atoms with E-state index in [1.807, 2.05) is 12.1 Å². The molecule has 4 rings (SSSR count). The summed E-state index contributed by atoms with van der Waals surface area (Å²) in [5.74, 6) is 2.55. The van der Waals surface area contributed by atoms with Crippen LogP contribution in [0.15, 0.2) is 40.8 Å². The number of hydrogen-bond acceptors (Lipinski definition) is 2. The molecule has 0 spiro atoms. The lowest BCUT2D eigenvalue weighted by Crippen LogP contribution is -2.26. The minimum atomic E-state index is -0.314. The summed E-state index contributed by atoms with van der Waals surface area (Å²) in [5, 5.41) is 0.690. The van der Waals surface area contributed by atoms with Gasteiger partial charge in [-0.3, -0.25) is 4.79 Å². The second-order valence-electron chi connectivity index (χ2n) is 6.70. The molecule has 0 unspecified atom stereocenters. The number of halogens is 1. The molecule has 1 aliphatic carbocycles. The van der Waals surface area contributed by atoms with Gasteiger partial charge in [-0.25, -0.2) is 4.39 Å². The molecule has 2 atom stereocenters. The first-order valence-electron chi connectivity index (χ1n) is 8.13. The van der Waals surface area contributed by atoms with Gasteiger partial charge in [0.2, 0.25) is 0 Å². The number of nitrogens with zero attached hydrogens (tertiary/aromatic N) is 1. The Bertz CT molecular complexity index is 911. The van der Waals surface area contributed by atoms with Crippen molar-refractivity contribution >= 4 is 16.8 Å². The number of aromatic amines is 1. The van der Waals surface area contributed by atoms with E-state index in [2.05, 4.69) is 11.9 Å². The van der Waals surface area contributed by atoms with Gasteiger partial charge in [0.05, 0.1) is 6.54 Å². The Morgan fingerprint density at radius 2 is 2.12 bits per heavy atom. The molecule has 5 heteroatoms. The lowest BCUT2D eigenvalue weighted by Gasteiger charge is -2.14. The van der Waals surface area contributed by atoms with Crippen LogP contribution in [-0.4, -0.2) is 22.8 Å². The van der Waals surface area contributed by atoms with Crippen LogP contribution in [-0.2, 0) is 6.54 Å². The molecule has 1 aliphatic rings. The molecule has 4 nitrogen and oxygen atoms in total. The lowest BCUT2D eigenvalue weighted by atomic mass is 10.2. The minimum Gasteiger partial charge on any atom is -0.464 e. The van der Waals surface area contributed by atoms with Crippen LogP contribution in [0.1, 0.15) is 41.3 Å². The summed E-state index contributed by atoms with van der Waals surface area (Å²) in [6, 6.07) is 10.0. The highest BCUT2D eigenvalue weighted by molar-refractivity contribution is 5.97. The number of furan rings is 1. The van der Waals surface area contributed by atoms with Gasteiger partial charge in [-0.1, -0.05) is 6.92 Å². The Morgan fingerprint density at radius 1 is 1.33 bits per heavy atom. The number of benzene rings is 1. The highest BCUT2D eigenvalue weighted by Crippen LogP contribution is 2.47. The third kappa shape index (κ3) is 2.70. The first-order valence-corrected chi connectivity index (χ1v) is 8.13. The van der Waals surface area contributed by atoms with Gasteiger partial charge >= 0.3 is 0 Å². The number of carbonyl (C=O) groups is 1. The molecule has 1 N–H and O–H groups in total. The van der Waals surface area contributed by atoms with Crippen molar-refractivity contribution in [3.8, 4) is 0 Å². The van der Waals surface area contributed by atoms with E-state index >= 15 is 0 Å². The summed E-state index contributed by atoms with van der Waals surface area (Å²) in [6.07, 6.45) is 1.17. The van der Waals surface area contributed by atoms with Gasteiger partial charge in [0.15, 0.2) is 0 Å². The quantitative estimate of drug-likeness (QED) is 0.777. The van der Waals surface area contributed by atoms with E-state index in [9.17, 15) is 9.18 Å². The fourth-order valence-electron chi connectivity index (χ4n) is 3.13. The van der Waals surface area contributed by atoms with E-state index in [0.29, 0.717) is 29.5 Å². The zero-order valence-electron chi connectivity index (χ0n) is 13.7. The van der Waals surface area contributed by atoms with Crippen LogP contribution < -0.4 is 0 Å². The van der Waals surface area contributed by atoms with Gasteiger partial charge in [-0.05, 0) is 48.7 Å². The van der Waals surface area contributed by atoms with Crippen LogP contribution in [0.4, 0.5) is 4.39 Å². The first-order chi connectivity index (χ1) is 11.5. The summed E-state index contributed by atoms with van der Waals surface area (Å²) < 4.78 is 19.1. The second kappa shape index (κ2) is 5.51. The number of H-pyrrole nitrogens is 1. The van der Waals surface area contributed by atoms with E-state index in [4.69, 9.17) is 4.42 Å². The van der Waals surface area contributed by atoms with Gasteiger partial charge in [-0.2, -0.15) is 0 Å². The predicted molar refractivity (Wildman–Crippen MR) is 89.3 cm³/mol. The van der Waals surface area contributed by atoms with Crippen LogP contribution in [0.25, 0.3) is 10.9 Å². The van der Waals surface area contributed by atoms with Gasteiger partial charge < -0.3 is 14.3 Å². The zero-order chi connectivity index (χ0) is 16.8. The molecular formula is C19H19FN2O2. The second-order valence-corrected chi connectivity index (χ2v) is 6.70. The average molecular weight is 326 g/mol. The lowest BCUT2D eigenvalue weighted by molar-refractivity contribution is 0.0770. The Balaban J connectivity index is 1.49. The SMILES string of the molecule is C[C@@H]1C[C@@H]1c1ccc(CN(C)C(=O)c2cc3cc(F)ccc3[nH]2)o1. The van der Waals surface area contributed by atoms with Gasteiger partial charge in [0, 0.05) is 23.9 Å². The summed E-state index contributed by atoms with van der Waals surface area (Å²) in [6.45, 7) is 2.62. The van der Waals surface area contributed by atoms with Crippen molar-refractivity contribution in [3.63, 3.8) is 0 Å². The molecule has 2 aromatic heterocycles. The van der Waals surface area contributed by atoms with Gasteiger partial charge in [0.25, 0.3) is 5.91 Å². The summed E-state index contributed by atoms with van der Waals surface area (Å²) in [5.41, 5.74) is 1.19. The molecule has 0 saturated heterocycles. The summed E-state index contributed by atoms with van der Waals surface area (Å²) in [7, 11) is 1.73. The highest BCUT2D eigenvalue weighted by Gasteiger charge is 2.36. The molecule has 1 amide bonds. The minimum absolute atomic E-state index is 0.149. The van der Waals surface area contributed by atoms with Crippen LogP contribution >= 0.6 is 0 Å². The van der Waals surface area contributed by atoms with Crippen molar-refractivity contribution in [2.75, 3.05) is 7.05 Å². The summed E-state index contributed by atoms with van der Waals surface area (Å²) in [4.78, 5) is 17.2. The molecule has 2 heterocycles.